The van der Waals surface area contributed by atoms with Gasteiger partial charge in [0, 0.05) is 0 Å². The molecule has 7 nitrogen and oxygen atoms in total. The molecule has 0 aliphatic rings. The fraction of sp³-hybridized carbons (Fsp3) is 0. The molecule has 3 rings (SSSR count). The summed E-state index contributed by atoms with van der Waals surface area (Å²) in [6, 6.07) is 3.96. The Morgan fingerprint density at radius 2 is 2.22 bits per heavy atom. The van der Waals surface area contributed by atoms with Crippen molar-refractivity contribution < 1.29 is 0 Å². The molecule has 0 aliphatic carbocycles. The Morgan fingerprint density at radius 3 is 2.94 bits per heavy atom. The van der Waals surface area contributed by atoms with Gasteiger partial charge >= 0.3 is 0 Å². The fourth-order valence-corrected chi connectivity index (χ4v) is 2.86. The summed E-state index contributed by atoms with van der Waals surface area (Å²) in [6.07, 6.45) is 2.92. The zero-order chi connectivity index (χ0) is 12.4. The molecule has 90 valence electrons. The van der Waals surface area contributed by atoms with Gasteiger partial charge in [0.2, 0.25) is 5.95 Å². The first kappa shape index (κ1) is 11.1. The van der Waals surface area contributed by atoms with E-state index in [4.69, 9.17) is 5.73 Å². The van der Waals surface area contributed by atoms with Crippen molar-refractivity contribution in [1.82, 2.24) is 29.7 Å². The summed E-state index contributed by atoms with van der Waals surface area (Å²) < 4.78 is 2.53. The van der Waals surface area contributed by atoms with Crippen LogP contribution in [0.25, 0.3) is 5.95 Å². The summed E-state index contributed by atoms with van der Waals surface area (Å²) in [6.45, 7) is 0. The van der Waals surface area contributed by atoms with Crippen molar-refractivity contribution in [2.45, 2.75) is 9.37 Å². The van der Waals surface area contributed by atoms with Crippen LogP contribution in [0.3, 0.4) is 0 Å². The van der Waals surface area contributed by atoms with Gasteiger partial charge in [-0.25, -0.2) is 4.98 Å². The number of hydrogen-bond acceptors (Lipinski definition) is 8. The molecule has 3 heterocycles. The van der Waals surface area contributed by atoms with E-state index < -0.39 is 0 Å². The highest BCUT2D eigenvalue weighted by molar-refractivity contribution is 8.01. The van der Waals surface area contributed by atoms with E-state index in [0.717, 1.165) is 4.21 Å². The molecule has 0 bridgehead atoms. The molecule has 0 fully saturated rings. The molecule has 0 spiro atoms. The summed E-state index contributed by atoms with van der Waals surface area (Å²) in [7, 11) is 0. The molecule has 0 saturated carbocycles. The highest BCUT2D eigenvalue weighted by Crippen LogP contribution is 2.29. The number of nitrogen functional groups attached to an aromatic ring is 1. The van der Waals surface area contributed by atoms with E-state index in [0.29, 0.717) is 11.1 Å². The molecule has 2 N–H and O–H groups in total. The van der Waals surface area contributed by atoms with Crippen molar-refractivity contribution in [2.24, 2.45) is 0 Å². The Morgan fingerprint density at radius 1 is 1.28 bits per heavy atom. The summed E-state index contributed by atoms with van der Waals surface area (Å²) in [5, 5.41) is 6.49. The van der Waals surface area contributed by atoms with Gasteiger partial charge in [0.1, 0.15) is 12.7 Å². The van der Waals surface area contributed by atoms with E-state index in [1.807, 2.05) is 17.5 Å². The van der Waals surface area contributed by atoms with Crippen LogP contribution in [0.5, 0.6) is 0 Å². The van der Waals surface area contributed by atoms with Gasteiger partial charge < -0.3 is 5.73 Å². The topological polar surface area (TPSA) is 95.4 Å². The number of thiophene rings is 1. The fourth-order valence-electron chi connectivity index (χ4n) is 1.23. The largest absolute Gasteiger partial charge is 0.368 e. The van der Waals surface area contributed by atoms with Gasteiger partial charge in [0.25, 0.3) is 5.95 Å². The minimum absolute atomic E-state index is 0.162. The van der Waals surface area contributed by atoms with Crippen molar-refractivity contribution in [1.29, 1.82) is 0 Å². The summed E-state index contributed by atoms with van der Waals surface area (Å²) in [5.74, 6) is 0.522. The third-order valence-electron chi connectivity index (χ3n) is 1.93. The van der Waals surface area contributed by atoms with Crippen LogP contribution in [0.4, 0.5) is 5.95 Å². The van der Waals surface area contributed by atoms with Crippen LogP contribution in [-0.4, -0.2) is 29.7 Å². The maximum Gasteiger partial charge on any atom is 0.257 e. The SMILES string of the molecule is Nc1nc(Sc2cccs2)nc(-n2cncn2)n1. The normalized spacial score (nSPS) is 10.7. The average Bonchev–Trinajstić information content (AvgIpc) is 3.00. The van der Waals surface area contributed by atoms with Gasteiger partial charge in [-0.3, -0.25) is 0 Å². The lowest BCUT2D eigenvalue weighted by atomic mass is 10.7. The highest BCUT2D eigenvalue weighted by Gasteiger charge is 2.08. The van der Waals surface area contributed by atoms with Gasteiger partial charge in [-0.2, -0.15) is 24.7 Å². The molecule has 18 heavy (non-hydrogen) atoms. The summed E-state index contributed by atoms with van der Waals surface area (Å²) in [5.41, 5.74) is 5.66. The van der Waals surface area contributed by atoms with Gasteiger partial charge in [0.15, 0.2) is 5.16 Å². The first-order chi connectivity index (χ1) is 8.81. The van der Waals surface area contributed by atoms with E-state index in [1.165, 1.54) is 29.1 Å². The predicted molar refractivity (Wildman–Crippen MR) is 67.6 cm³/mol. The lowest BCUT2D eigenvalue weighted by Gasteiger charge is -2.02. The number of aromatic nitrogens is 6. The van der Waals surface area contributed by atoms with Crippen LogP contribution in [0.15, 0.2) is 39.5 Å². The van der Waals surface area contributed by atoms with Gasteiger partial charge in [-0.05, 0) is 23.2 Å². The van der Waals surface area contributed by atoms with Gasteiger partial charge in [-0.15, -0.1) is 11.3 Å². The molecule has 0 radical (unpaired) electrons. The molecule has 3 aromatic rings. The third kappa shape index (κ3) is 2.31. The van der Waals surface area contributed by atoms with Crippen LogP contribution < -0.4 is 5.73 Å². The molecule has 0 amide bonds. The van der Waals surface area contributed by atoms with Crippen LogP contribution >= 0.6 is 23.1 Å². The monoisotopic (exact) mass is 277 g/mol. The number of hydrogen-bond donors (Lipinski definition) is 1. The first-order valence-corrected chi connectivity index (χ1v) is 6.59. The van der Waals surface area contributed by atoms with Crippen LogP contribution in [0.2, 0.25) is 0 Å². The Kier molecular flexibility index (Phi) is 2.90. The van der Waals surface area contributed by atoms with E-state index in [-0.39, 0.29) is 5.95 Å². The van der Waals surface area contributed by atoms with Gasteiger partial charge in [-0.1, -0.05) is 6.07 Å². The van der Waals surface area contributed by atoms with Crippen molar-refractivity contribution >= 4 is 29.0 Å². The molecule has 0 aromatic carbocycles. The smallest absolute Gasteiger partial charge is 0.257 e. The number of rotatable bonds is 3. The molecule has 9 heteroatoms. The number of anilines is 1. The molecule has 0 atom stereocenters. The Labute approximate surface area is 110 Å². The zero-order valence-electron chi connectivity index (χ0n) is 8.96. The molecular formula is C9H7N7S2. The molecule has 0 aliphatic heterocycles. The summed E-state index contributed by atoms with van der Waals surface area (Å²) >= 11 is 3.05. The second kappa shape index (κ2) is 4.70. The Bertz CT molecular complexity index is 635. The minimum Gasteiger partial charge on any atom is -0.368 e. The van der Waals surface area contributed by atoms with Gasteiger partial charge in [0.05, 0.1) is 4.21 Å². The summed E-state index contributed by atoms with van der Waals surface area (Å²) in [4.78, 5) is 16.2. The Balaban J connectivity index is 1.96. The van der Waals surface area contributed by atoms with E-state index in [9.17, 15) is 0 Å². The second-order valence-electron chi connectivity index (χ2n) is 3.15. The first-order valence-electron chi connectivity index (χ1n) is 4.89. The lowest BCUT2D eigenvalue weighted by molar-refractivity contribution is 0.763. The number of nitrogens with two attached hydrogens (primary N) is 1. The van der Waals surface area contributed by atoms with Crippen molar-refractivity contribution in [3.05, 3.63) is 30.2 Å². The standard InChI is InChI=1S/C9H7N7S2/c10-7-13-8(16-5-11-4-12-16)15-9(14-7)18-6-2-1-3-17-6/h1-5H,(H2,10,13,14,15). The minimum atomic E-state index is 0.162. The number of nitrogens with zero attached hydrogens (tertiary/aromatic N) is 6. The van der Waals surface area contributed by atoms with E-state index in [1.54, 1.807) is 11.3 Å². The maximum absolute atomic E-state index is 5.66. The quantitative estimate of drug-likeness (QED) is 0.769. The van der Waals surface area contributed by atoms with E-state index >= 15 is 0 Å². The van der Waals surface area contributed by atoms with Crippen molar-refractivity contribution in [2.75, 3.05) is 5.73 Å². The maximum atomic E-state index is 5.66. The van der Waals surface area contributed by atoms with Crippen molar-refractivity contribution in [3.8, 4) is 5.95 Å². The highest BCUT2D eigenvalue weighted by atomic mass is 32.2. The van der Waals surface area contributed by atoms with Crippen LogP contribution in [0, 0.1) is 0 Å². The molecular weight excluding hydrogens is 270 g/mol. The third-order valence-corrected chi connectivity index (χ3v) is 3.83. The molecule has 0 unspecified atom stereocenters. The van der Waals surface area contributed by atoms with Crippen LogP contribution in [-0.2, 0) is 0 Å². The predicted octanol–water partition coefficient (Wildman–Crippen LogP) is 1.25. The molecule has 0 saturated heterocycles. The lowest BCUT2D eigenvalue weighted by Crippen LogP contribution is -2.07. The second-order valence-corrected chi connectivity index (χ2v) is 5.37. The Hall–Kier alpha value is -2.00. The van der Waals surface area contributed by atoms with Crippen molar-refractivity contribution in [3.63, 3.8) is 0 Å². The average molecular weight is 277 g/mol. The van der Waals surface area contributed by atoms with E-state index in [2.05, 4.69) is 25.0 Å². The molecule has 3 aromatic heterocycles. The zero-order valence-corrected chi connectivity index (χ0v) is 10.6. The van der Waals surface area contributed by atoms with Crippen LogP contribution in [0.1, 0.15) is 0 Å².